The summed E-state index contributed by atoms with van der Waals surface area (Å²) in [4.78, 5) is 52.1. The average molecular weight is 429 g/mol. The zero-order valence-corrected chi connectivity index (χ0v) is 16.8. The Balaban J connectivity index is 1.46. The monoisotopic (exact) mass is 429 g/mol. The number of para-hydroxylation sites is 1. The van der Waals surface area contributed by atoms with Crippen LogP contribution in [0, 0.1) is 0 Å². The van der Waals surface area contributed by atoms with Gasteiger partial charge in [0.2, 0.25) is 11.6 Å². The van der Waals surface area contributed by atoms with E-state index < -0.39 is 29.5 Å². The summed E-state index contributed by atoms with van der Waals surface area (Å²) in [6.07, 6.45) is 2.07. The number of amides is 1. The van der Waals surface area contributed by atoms with Crippen molar-refractivity contribution in [1.82, 2.24) is 15.6 Å². The fraction of sp³-hybridized carbons (Fsp3) is 0.0833. The molecule has 0 bridgehead atoms. The van der Waals surface area contributed by atoms with E-state index in [9.17, 15) is 24.3 Å². The summed E-state index contributed by atoms with van der Waals surface area (Å²) < 4.78 is 0. The maximum atomic E-state index is 12.5. The number of carbonyl (C=O) groups is 4. The Morgan fingerprint density at radius 3 is 2.28 bits per heavy atom. The number of carbonyl (C=O) groups excluding carboxylic acids is 3. The highest BCUT2D eigenvalue weighted by Crippen LogP contribution is 2.17. The van der Waals surface area contributed by atoms with Crippen molar-refractivity contribution in [2.45, 2.75) is 12.5 Å². The zero-order chi connectivity index (χ0) is 22.7. The second-order valence-electron chi connectivity index (χ2n) is 7.29. The zero-order valence-electron chi connectivity index (χ0n) is 16.8. The molecule has 8 nitrogen and oxygen atoms in total. The lowest BCUT2D eigenvalue weighted by Gasteiger charge is -2.19. The molecule has 0 fully saturated rings. The van der Waals surface area contributed by atoms with Gasteiger partial charge in [-0.15, -0.1) is 0 Å². The largest absolute Gasteiger partial charge is 0.480 e. The maximum Gasteiger partial charge on any atom is 0.326 e. The number of fused-ring (bicyclic) bond motifs is 1. The highest BCUT2D eigenvalue weighted by atomic mass is 16.4. The number of rotatable bonds is 7. The number of benzene rings is 2. The highest BCUT2D eigenvalue weighted by molar-refractivity contribution is 6.21. The highest BCUT2D eigenvalue weighted by Gasteiger charge is 2.27. The van der Waals surface area contributed by atoms with Crippen molar-refractivity contribution < 1.29 is 24.3 Å². The number of nitrogens with one attached hydrogen (secondary N) is 3. The van der Waals surface area contributed by atoms with Gasteiger partial charge in [0, 0.05) is 35.3 Å². The standard InChI is InChI=1S/C24H19N3O5/c28-21-13-19(27-23(30)14-6-2-1-3-7-14)22(29)12-18(21)26-20(24(31)32)11-16-10-15-8-4-5-9-17(15)25-16/h1-10,12-13,20,25-26H,11H2,(H,27,30)(H,31,32)/t20-/m1/s1. The molecular formula is C24H19N3O5. The normalized spacial score (nSPS) is 14.5. The first-order chi connectivity index (χ1) is 15.4. The van der Waals surface area contributed by atoms with Gasteiger partial charge in [-0.3, -0.25) is 14.4 Å². The molecule has 1 amide bonds. The number of hydrogen-bond donors (Lipinski definition) is 4. The van der Waals surface area contributed by atoms with Crippen LogP contribution in [0.5, 0.6) is 0 Å². The van der Waals surface area contributed by atoms with E-state index >= 15 is 0 Å². The Morgan fingerprint density at radius 1 is 0.906 bits per heavy atom. The third-order valence-corrected chi connectivity index (χ3v) is 5.00. The molecule has 0 spiro atoms. The smallest absolute Gasteiger partial charge is 0.326 e. The van der Waals surface area contributed by atoms with E-state index in [4.69, 9.17) is 0 Å². The third-order valence-electron chi connectivity index (χ3n) is 5.00. The quantitative estimate of drug-likeness (QED) is 0.426. The molecule has 0 radical (unpaired) electrons. The number of allylic oxidation sites excluding steroid dienone is 2. The minimum Gasteiger partial charge on any atom is -0.480 e. The Bertz CT molecular complexity index is 1250. The van der Waals surface area contributed by atoms with Crippen molar-refractivity contribution in [3.05, 3.63) is 95.5 Å². The Labute approximate surface area is 182 Å². The van der Waals surface area contributed by atoms with Crippen LogP contribution in [0.25, 0.3) is 10.9 Å². The second-order valence-corrected chi connectivity index (χ2v) is 7.29. The number of ketones is 2. The number of aromatic nitrogens is 1. The van der Waals surface area contributed by atoms with Crippen LogP contribution in [0.3, 0.4) is 0 Å². The molecule has 2 aromatic carbocycles. The lowest BCUT2D eigenvalue weighted by Crippen LogP contribution is -2.41. The molecular weight excluding hydrogens is 410 g/mol. The van der Waals surface area contributed by atoms with Gasteiger partial charge in [0.1, 0.15) is 6.04 Å². The summed E-state index contributed by atoms with van der Waals surface area (Å²) >= 11 is 0. The van der Waals surface area contributed by atoms with Crippen molar-refractivity contribution in [3.63, 3.8) is 0 Å². The SMILES string of the molecule is O=C1C=C(N[C@H](Cc2cc3ccccc3[nH]2)C(=O)O)C(=O)C=C1NC(=O)c1ccccc1. The topological polar surface area (TPSA) is 128 Å². The number of carboxylic acid groups (broad SMARTS) is 1. The summed E-state index contributed by atoms with van der Waals surface area (Å²) in [5.74, 6) is -2.90. The van der Waals surface area contributed by atoms with E-state index in [0.717, 1.165) is 23.1 Å². The van der Waals surface area contributed by atoms with E-state index in [1.807, 2.05) is 30.3 Å². The molecule has 4 N–H and O–H groups in total. The minimum absolute atomic E-state index is 0.0735. The van der Waals surface area contributed by atoms with Gasteiger partial charge in [0.25, 0.3) is 5.91 Å². The van der Waals surface area contributed by atoms with Gasteiger partial charge in [-0.25, -0.2) is 4.79 Å². The van der Waals surface area contributed by atoms with Crippen LogP contribution in [0.2, 0.25) is 0 Å². The number of aliphatic carboxylic acids is 1. The van der Waals surface area contributed by atoms with Crippen molar-refractivity contribution in [2.24, 2.45) is 0 Å². The molecule has 4 rings (SSSR count). The predicted octanol–water partition coefficient (Wildman–Crippen LogP) is 2.10. The first-order valence-electron chi connectivity index (χ1n) is 9.85. The third kappa shape index (κ3) is 4.49. The Kier molecular flexibility index (Phi) is 5.67. The van der Waals surface area contributed by atoms with Crippen molar-refractivity contribution >= 4 is 34.3 Å². The molecule has 0 saturated carbocycles. The molecule has 0 saturated heterocycles. The van der Waals surface area contributed by atoms with Crippen LogP contribution in [0.15, 0.2) is 84.2 Å². The van der Waals surface area contributed by atoms with Crippen molar-refractivity contribution in [3.8, 4) is 0 Å². The lowest BCUT2D eigenvalue weighted by molar-refractivity contribution is -0.139. The van der Waals surface area contributed by atoms with E-state index in [0.29, 0.717) is 11.3 Å². The summed E-state index contributed by atoms with van der Waals surface area (Å²) in [6, 6.07) is 16.5. The summed E-state index contributed by atoms with van der Waals surface area (Å²) in [7, 11) is 0. The van der Waals surface area contributed by atoms with Crippen LogP contribution < -0.4 is 10.6 Å². The lowest BCUT2D eigenvalue weighted by atomic mass is 10.0. The molecule has 8 heteroatoms. The van der Waals surface area contributed by atoms with Crippen molar-refractivity contribution in [2.75, 3.05) is 0 Å². The number of H-pyrrole nitrogens is 1. The van der Waals surface area contributed by atoms with Gasteiger partial charge in [-0.2, -0.15) is 0 Å². The molecule has 0 aliphatic heterocycles. The van der Waals surface area contributed by atoms with E-state index in [1.54, 1.807) is 30.3 Å². The molecule has 1 aromatic heterocycles. The van der Waals surface area contributed by atoms with Gasteiger partial charge in [0.15, 0.2) is 0 Å². The van der Waals surface area contributed by atoms with Crippen LogP contribution in [-0.2, 0) is 20.8 Å². The fourth-order valence-electron chi connectivity index (χ4n) is 3.41. The van der Waals surface area contributed by atoms with Crippen LogP contribution in [0.4, 0.5) is 0 Å². The molecule has 1 atom stereocenters. The van der Waals surface area contributed by atoms with Crippen LogP contribution >= 0.6 is 0 Å². The molecule has 1 heterocycles. The summed E-state index contributed by atoms with van der Waals surface area (Å²) in [5, 5.41) is 15.6. The molecule has 3 aromatic rings. The molecule has 32 heavy (non-hydrogen) atoms. The predicted molar refractivity (Wildman–Crippen MR) is 117 cm³/mol. The molecule has 1 aliphatic rings. The first kappa shape index (κ1) is 20.8. The van der Waals surface area contributed by atoms with E-state index in [2.05, 4.69) is 15.6 Å². The van der Waals surface area contributed by atoms with Crippen molar-refractivity contribution in [1.29, 1.82) is 0 Å². The van der Waals surface area contributed by atoms with E-state index in [-0.39, 0.29) is 17.8 Å². The minimum atomic E-state index is -1.17. The number of carboxylic acids is 1. The first-order valence-corrected chi connectivity index (χ1v) is 9.85. The summed E-state index contributed by atoms with van der Waals surface area (Å²) in [6.45, 7) is 0. The molecule has 0 unspecified atom stereocenters. The van der Waals surface area contributed by atoms with Gasteiger partial charge in [-0.05, 0) is 29.7 Å². The number of aromatic amines is 1. The molecule has 1 aliphatic carbocycles. The Morgan fingerprint density at radius 2 is 1.56 bits per heavy atom. The maximum absolute atomic E-state index is 12.5. The Hall–Kier alpha value is -4.46. The summed E-state index contributed by atoms with van der Waals surface area (Å²) in [5.41, 5.74) is 1.57. The fourth-order valence-corrected chi connectivity index (χ4v) is 3.41. The second kappa shape index (κ2) is 8.73. The van der Waals surface area contributed by atoms with Gasteiger partial charge < -0.3 is 20.7 Å². The van der Waals surface area contributed by atoms with E-state index in [1.165, 1.54) is 0 Å². The average Bonchev–Trinajstić information content (AvgIpc) is 3.19. The number of hydrogen-bond acceptors (Lipinski definition) is 5. The van der Waals surface area contributed by atoms with Gasteiger partial charge in [-0.1, -0.05) is 36.4 Å². The molecule has 160 valence electrons. The van der Waals surface area contributed by atoms with Crippen LogP contribution in [0.1, 0.15) is 16.1 Å². The van der Waals surface area contributed by atoms with Crippen LogP contribution in [-0.4, -0.2) is 39.6 Å². The van der Waals surface area contributed by atoms with Gasteiger partial charge >= 0.3 is 5.97 Å². The van der Waals surface area contributed by atoms with Gasteiger partial charge in [0.05, 0.1) is 11.4 Å².